The maximum absolute atomic E-state index is 6.04. The van der Waals surface area contributed by atoms with Crippen molar-refractivity contribution in [2.45, 2.75) is 13.0 Å². The zero-order valence-corrected chi connectivity index (χ0v) is 15.3. The molecule has 5 heteroatoms. The number of nitrogens with zero attached hydrogens (tertiary/aromatic N) is 3. The lowest BCUT2D eigenvalue weighted by molar-refractivity contribution is 0.742. The van der Waals surface area contributed by atoms with Crippen molar-refractivity contribution in [2.75, 3.05) is 5.43 Å². The summed E-state index contributed by atoms with van der Waals surface area (Å²) < 4.78 is 2.29. The van der Waals surface area contributed by atoms with Gasteiger partial charge in [-0.3, -0.25) is 5.43 Å². The molecule has 4 nitrogen and oxygen atoms in total. The molecule has 132 valence electrons. The molecule has 0 radical (unpaired) electrons. The molecule has 0 saturated heterocycles. The van der Waals surface area contributed by atoms with Gasteiger partial charge in [-0.25, -0.2) is 4.98 Å². The molecule has 1 N–H and O–H groups in total. The summed E-state index contributed by atoms with van der Waals surface area (Å²) in [6, 6.07) is 24.1. The van der Waals surface area contributed by atoms with Gasteiger partial charge in [-0.15, -0.1) is 0 Å². The first kappa shape index (κ1) is 16.1. The Morgan fingerprint density at radius 3 is 2.56 bits per heavy atom. The second-order valence-corrected chi connectivity index (χ2v) is 6.99. The summed E-state index contributed by atoms with van der Waals surface area (Å²) >= 11 is 6.04. The van der Waals surface area contributed by atoms with E-state index in [2.05, 4.69) is 27.2 Å². The molecule has 0 fully saturated rings. The fraction of sp³-hybridized carbons (Fsp3) is 0.0909. The van der Waals surface area contributed by atoms with E-state index in [1.54, 1.807) is 0 Å². The third-order valence-corrected chi connectivity index (χ3v) is 5.10. The Morgan fingerprint density at radius 1 is 0.926 bits per heavy atom. The number of para-hydroxylation sites is 2. The summed E-state index contributed by atoms with van der Waals surface area (Å²) in [6.45, 7) is 0.848. The Bertz CT molecular complexity index is 1140. The van der Waals surface area contributed by atoms with E-state index in [1.807, 2.05) is 60.7 Å². The van der Waals surface area contributed by atoms with Crippen LogP contribution in [-0.4, -0.2) is 15.3 Å². The molecular weight excluding hydrogens is 356 g/mol. The number of benzene rings is 3. The van der Waals surface area contributed by atoms with Crippen LogP contribution in [0.4, 0.5) is 5.69 Å². The molecule has 0 bridgehead atoms. The van der Waals surface area contributed by atoms with Crippen LogP contribution in [0.2, 0.25) is 5.02 Å². The van der Waals surface area contributed by atoms with Gasteiger partial charge < -0.3 is 4.57 Å². The highest BCUT2D eigenvalue weighted by Crippen LogP contribution is 2.32. The average molecular weight is 373 g/mol. The second-order valence-electron chi connectivity index (χ2n) is 6.55. The van der Waals surface area contributed by atoms with Crippen molar-refractivity contribution >= 4 is 34.0 Å². The van der Waals surface area contributed by atoms with Crippen molar-refractivity contribution in [1.29, 1.82) is 0 Å². The van der Waals surface area contributed by atoms with Crippen LogP contribution in [0.1, 0.15) is 12.0 Å². The molecule has 0 aliphatic carbocycles. The minimum Gasteiger partial charge on any atom is -0.323 e. The second kappa shape index (κ2) is 6.56. The first-order chi connectivity index (χ1) is 13.3. The third kappa shape index (κ3) is 2.88. The van der Waals surface area contributed by atoms with E-state index in [0.29, 0.717) is 0 Å². The molecule has 3 aromatic carbocycles. The number of halogens is 1. The van der Waals surface area contributed by atoms with Crippen LogP contribution in [0.3, 0.4) is 0 Å². The number of hydrogen-bond donors (Lipinski definition) is 1. The summed E-state index contributed by atoms with van der Waals surface area (Å²) in [6.07, 6.45) is 0.850. The summed E-state index contributed by atoms with van der Waals surface area (Å²) in [5.41, 5.74) is 9.55. The molecule has 27 heavy (non-hydrogen) atoms. The molecule has 1 aromatic heterocycles. The van der Waals surface area contributed by atoms with E-state index < -0.39 is 0 Å². The van der Waals surface area contributed by atoms with E-state index in [4.69, 9.17) is 16.6 Å². The molecule has 1 aliphatic heterocycles. The molecule has 2 heterocycles. The number of anilines is 1. The van der Waals surface area contributed by atoms with Gasteiger partial charge in [0, 0.05) is 29.1 Å². The number of nitrogens with one attached hydrogen (secondary N) is 1. The molecular formula is C22H17ClN4. The van der Waals surface area contributed by atoms with Crippen LogP contribution in [0.5, 0.6) is 0 Å². The number of hydrogen-bond acceptors (Lipinski definition) is 3. The zero-order chi connectivity index (χ0) is 18.2. The number of aryl methyl sites for hydroxylation is 1. The highest BCUT2D eigenvalue weighted by Gasteiger charge is 2.22. The maximum Gasteiger partial charge on any atom is 0.141 e. The highest BCUT2D eigenvalue weighted by molar-refractivity contribution is 6.30. The van der Waals surface area contributed by atoms with E-state index in [0.717, 1.165) is 57.4 Å². The van der Waals surface area contributed by atoms with Crippen molar-refractivity contribution in [2.24, 2.45) is 5.10 Å². The lowest BCUT2D eigenvalue weighted by Crippen LogP contribution is -2.17. The lowest BCUT2D eigenvalue weighted by Gasteiger charge is -2.19. The van der Waals surface area contributed by atoms with E-state index in [-0.39, 0.29) is 0 Å². The summed E-state index contributed by atoms with van der Waals surface area (Å²) in [5, 5.41) is 5.41. The standard InChI is InChI=1S/C22H17ClN4/c23-16-11-9-15(10-12-16)22-24-20-8-4-7-18-19(13-14-27(22)21(18)20)26-25-17-5-2-1-3-6-17/h1-12,25H,13-14H2. The maximum atomic E-state index is 6.04. The van der Waals surface area contributed by atoms with Crippen LogP contribution in [-0.2, 0) is 6.54 Å². The quantitative estimate of drug-likeness (QED) is 0.477. The Morgan fingerprint density at radius 2 is 1.74 bits per heavy atom. The van der Waals surface area contributed by atoms with Crippen LogP contribution >= 0.6 is 11.6 Å². The summed E-state index contributed by atoms with van der Waals surface area (Å²) in [5.74, 6) is 0.976. The first-order valence-electron chi connectivity index (χ1n) is 8.93. The number of hydrazone groups is 1. The van der Waals surface area contributed by atoms with Crippen molar-refractivity contribution in [1.82, 2.24) is 9.55 Å². The Kier molecular flexibility index (Phi) is 3.91. The Hall–Kier alpha value is -3.11. The van der Waals surface area contributed by atoms with Crippen LogP contribution in [0, 0.1) is 0 Å². The smallest absolute Gasteiger partial charge is 0.141 e. The Balaban J connectivity index is 1.60. The number of imidazole rings is 1. The van der Waals surface area contributed by atoms with E-state index in [1.165, 1.54) is 0 Å². The van der Waals surface area contributed by atoms with E-state index >= 15 is 0 Å². The van der Waals surface area contributed by atoms with Crippen molar-refractivity contribution in [3.63, 3.8) is 0 Å². The third-order valence-electron chi connectivity index (χ3n) is 4.85. The average Bonchev–Trinajstić information content (AvgIpc) is 3.09. The first-order valence-corrected chi connectivity index (χ1v) is 9.30. The molecule has 4 aromatic rings. The predicted octanol–water partition coefficient (Wildman–Crippen LogP) is 5.58. The topological polar surface area (TPSA) is 42.2 Å². The minimum absolute atomic E-state index is 0.732. The van der Waals surface area contributed by atoms with Gasteiger partial charge >= 0.3 is 0 Å². The van der Waals surface area contributed by atoms with Crippen LogP contribution in [0.15, 0.2) is 77.9 Å². The van der Waals surface area contributed by atoms with Crippen LogP contribution in [0.25, 0.3) is 22.4 Å². The molecule has 0 spiro atoms. The Labute approximate surface area is 162 Å². The monoisotopic (exact) mass is 372 g/mol. The van der Waals surface area contributed by atoms with Gasteiger partial charge in [0.2, 0.25) is 0 Å². The summed E-state index contributed by atoms with van der Waals surface area (Å²) in [7, 11) is 0. The largest absolute Gasteiger partial charge is 0.323 e. The SMILES string of the molecule is Clc1ccc(-c2nc3cccc4c3n2CCC4=NNc2ccccc2)cc1. The fourth-order valence-corrected chi connectivity index (χ4v) is 3.69. The minimum atomic E-state index is 0.732. The van der Waals surface area contributed by atoms with Gasteiger partial charge in [-0.2, -0.15) is 5.10 Å². The molecule has 0 saturated carbocycles. The van der Waals surface area contributed by atoms with Crippen LogP contribution < -0.4 is 5.43 Å². The molecule has 0 unspecified atom stereocenters. The van der Waals surface area contributed by atoms with Gasteiger partial charge in [0.25, 0.3) is 0 Å². The summed E-state index contributed by atoms with van der Waals surface area (Å²) in [4.78, 5) is 4.88. The molecule has 5 rings (SSSR count). The van der Waals surface area contributed by atoms with Gasteiger partial charge in [0.05, 0.1) is 22.4 Å². The van der Waals surface area contributed by atoms with Gasteiger partial charge in [0.1, 0.15) is 5.82 Å². The van der Waals surface area contributed by atoms with Crippen molar-refractivity contribution < 1.29 is 0 Å². The van der Waals surface area contributed by atoms with Gasteiger partial charge in [0.15, 0.2) is 0 Å². The van der Waals surface area contributed by atoms with Gasteiger partial charge in [-0.05, 0) is 42.5 Å². The van der Waals surface area contributed by atoms with Gasteiger partial charge in [-0.1, -0.05) is 41.9 Å². The lowest BCUT2D eigenvalue weighted by atomic mass is 10.0. The number of aromatic nitrogens is 2. The molecule has 0 amide bonds. The highest BCUT2D eigenvalue weighted by atomic mass is 35.5. The number of rotatable bonds is 3. The fourth-order valence-electron chi connectivity index (χ4n) is 3.57. The predicted molar refractivity (Wildman–Crippen MR) is 111 cm³/mol. The van der Waals surface area contributed by atoms with E-state index in [9.17, 15) is 0 Å². The van der Waals surface area contributed by atoms with Crippen molar-refractivity contribution in [3.8, 4) is 11.4 Å². The molecule has 1 aliphatic rings. The van der Waals surface area contributed by atoms with Crippen molar-refractivity contribution in [3.05, 3.63) is 83.4 Å². The molecule has 0 atom stereocenters. The normalized spacial score (nSPS) is 14.6. The zero-order valence-electron chi connectivity index (χ0n) is 14.6.